The lowest BCUT2D eigenvalue weighted by Crippen LogP contribution is -1.91. The molecule has 0 atom stereocenters. The molecule has 3 heteroatoms. The van der Waals surface area contributed by atoms with Crippen molar-refractivity contribution in [2.24, 2.45) is 0 Å². The van der Waals surface area contributed by atoms with Crippen LogP contribution in [0, 0.1) is 0 Å². The van der Waals surface area contributed by atoms with Crippen LogP contribution in [0.1, 0.15) is 5.56 Å². The standard InChI is InChI=1S/C10H12O3/c1-11-8-13-7-9-3-5-10(12-2)6-4-9/h3-6H,7H2,1-2H3. The first kappa shape index (κ1) is 9.58. The molecule has 0 unspecified atom stereocenters. The first-order chi connectivity index (χ1) is 6.36. The molecular weight excluding hydrogens is 168 g/mol. The molecule has 3 nitrogen and oxygen atoms in total. The minimum absolute atomic E-state index is 0.456. The fraction of sp³-hybridized carbons (Fsp3) is 0.300. The zero-order valence-corrected chi connectivity index (χ0v) is 7.74. The maximum Gasteiger partial charge on any atom is 0.170 e. The van der Waals surface area contributed by atoms with Gasteiger partial charge in [-0.1, -0.05) is 0 Å². The molecule has 0 N–H and O–H groups in total. The molecule has 0 saturated heterocycles. The molecule has 0 bridgehead atoms. The van der Waals surface area contributed by atoms with Crippen molar-refractivity contribution in [1.82, 2.24) is 0 Å². The summed E-state index contributed by atoms with van der Waals surface area (Å²) in [6.07, 6.45) is 0. The Morgan fingerprint density at radius 1 is 1.31 bits per heavy atom. The highest BCUT2D eigenvalue weighted by Crippen LogP contribution is 2.11. The first-order valence-corrected chi connectivity index (χ1v) is 3.89. The zero-order chi connectivity index (χ0) is 9.52. The summed E-state index contributed by atoms with van der Waals surface area (Å²) >= 11 is 0. The Labute approximate surface area is 77.6 Å². The van der Waals surface area contributed by atoms with Gasteiger partial charge in [-0.2, -0.15) is 0 Å². The summed E-state index contributed by atoms with van der Waals surface area (Å²) < 4.78 is 14.5. The molecular formula is C10H12O3. The Balaban J connectivity index is 2.49. The van der Waals surface area contributed by atoms with Crippen LogP contribution in [0.15, 0.2) is 24.3 Å². The molecule has 0 aliphatic rings. The van der Waals surface area contributed by atoms with Gasteiger partial charge in [-0.25, -0.2) is 0 Å². The first-order valence-electron chi connectivity index (χ1n) is 3.89. The number of methoxy groups -OCH3 is 1. The molecule has 0 aliphatic heterocycles. The Kier molecular flexibility index (Phi) is 3.82. The number of ether oxygens (including phenoxy) is 2. The van der Waals surface area contributed by atoms with E-state index in [4.69, 9.17) is 9.47 Å². The summed E-state index contributed by atoms with van der Waals surface area (Å²) in [6.45, 7) is 2.75. The molecule has 0 radical (unpaired) electrons. The van der Waals surface area contributed by atoms with Gasteiger partial charge in [0.15, 0.2) is 13.1 Å². The predicted octanol–water partition coefficient (Wildman–Crippen LogP) is 1.44. The second-order valence-electron chi connectivity index (χ2n) is 2.42. The van der Waals surface area contributed by atoms with E-state index in [0.29, 0.717) is 6.61 Å². The molecule has 1 aromatic carbocycles. The third-order valence-electron chi connectivity index (χ3n) is 1.54. The summed E-state index contributed by atoms with van der Waals surface area (Å²) in [5.41, 5.74) is 1.05. The highest BCUT2D eigenvalue weighted by Gasteiger charge is 1.93. The highest BCUT2D eigenvalue weighted by atomic mass is 16.6. The van der Waals surface area contributed by atoms with Gasteiger partial charge in [0.05, 0.1) is 7.11 Å². The van der Waals surface area contributed by atoms with E-state index in [9.17, 15) is 0 Å². The van der Waals surface area contributed by atoms with Crippen LogP contribution in [-0.4, -0.2) is 20.7 Å². The van der Waals surface area contributed by atoms with Crippen molar-refractivity contribution in [3.63, 3.8) is 0 Å². The van der Waals surface area contributed by atoms with Crippen LogP contribution < -0.4 is 4.74 Å². The van der Waals surface area contributed by atoms with Crippen LogP contribution >= 0.6 is 0 Å². The van der Waals surface area contributed by atoms with Crippen LogP contribution in [0.2, 0.25) is 0 Å². The van der Waals surface area contributed by atoms with Crippen LogP contribution in [0.5, 0.6) is 5.75 Å². The molecule has 0 saturated carbocycles. The summed E-state index contributed by atoms with van der Waals surface area (Å²) in [7, 11) is 3.13. The number of rotatable bonds is 4. The summed E-state index contributed by atoms with van der Waals surface area (Å²) in [4.78, 5) is 0. The normalized spacial score (nSPS) is 10.3. The van der Waals surface area contributed by atoms with Gasteiger partial charge in [-0.3, -0.25) is 0 Å². The summed E-state index contributed by atoms with van der Waals surface area (Å²) in [5, 5.41) is 0. The van der Waals surface area contributed by atoms with Crippen molar-refractivity contribution in [3.05, 3.63) is 29.8 Å². The van der Waals surface area contributed by atoms with Crippen molar-refractivity contribution >= 4 is 6.47 Å². The van der Waals surface area contributed by atoms with E-state index in [-0.39, 0.29) is 0 Å². The van der Waals surface area contributed by atoms with E-state index >= 15 is 0 Å². The van der Waals surface area contributed by atoms with Gasteiger partial charge in [-0.05, 0) is 24.3 Å². The topological polar surface area (TPSA) is 29.8 Å². The lowest BCUT2D eigenvalue weighted by Gasteiger charge is -2.01. The van der Waals surface area contributed by atoms with E-state index in [1.165, 1.54) is 7.11 Å². The van der Waals surface area contributed by atoms with Crippen molar-refractivity contribution in [3.8, 4) is 5.75 Å². The average molecular weight is 180 g/mol. The maximum atomic E-state index is 5.01. The zero-order valence-electron chi connectivity index (χ0n) is 7.74. The van der Waals surface area contributed by atoms with Crippen molar-refractivity contribution in [2.45, 2.75) is 6.61 Å². The SMILES string of the molecule is COc1ccc(CO[C-]=[O+]C)cc1. The number of carbonyl (C=O) groups excluding carboxylic acids is 1. The molecule has 0 spiro atoms. The van der Waals surface area contributed by atoms with Gasteiger partial charge >= 0.3 is 0 Å². The Morgan fingerprint density at radius 3 is 2.54 bits per heavy atom. The van der Waals surface area contributed by atoms with Gasteiger partial charge < -0.3 is 13.9 Å². The van der Waals surface area contributed by atoms with Crippen LogP contribution in [0.25, 0.3) is 0 Å². The smallest absolute Gasteiger partial charge is 0.170 e. The van der Waals surface area contributed by atoms with Gasteiger partial charge in [-0.15, -0.1) is 0 Å². The Bertz CT molecular complexity index is 264. The molecule has 1 aromatic rings. The molecule has 0 aromatic heterocycles. The van der Waals surface area contributed by atoms with Crippen LogP contribution in [0.3, 0.4) is 0 Å². The van der Waals surface area contributed by atoms with E-state index < -0.39 is 0 Å². The third kappa shape index (κ3) is 3.15. The van der Waals surface area contributed by atoms with E-state index in [0.717, 1.165) is 11.3 Å². The predicted molar refractivity (Wildman–Crippen MR) is 49.4 cm³/mol. The average Bonchev–Trinajstić information content (AvgIpc) is 2.19. The van der Waals surface area contributed by atoms with Gasteiger partial charge in [0.25, 0.3) is 0 Å². The monoisotopic (exact) mass is 180 g/mol. The largest absolute Gasteiger partial charge is 0.506 e. The summed E-state index contributed by atoms with van der Waals surface area (Å²) in [5.74, 6) is 0.837. The van der Waals surface area contributed by atoms with Crippen LogP contribution in [-0.2, 0) is 15.8 Å². The van der Waals surface area contributed by atoms with E-state index in [2.05, 4.69) is 10.9 Å². The van der Waals surface area contributed by atoms with Crippen molar-refractivity contribution in [2.75, 3.05) is 14.2 Å². The molecule has 0 aliphatic carbocycles. The number of hydrogen-bond acceptors (Lipinski definition) is 2. The third-order valence-corrected chi connectivity index (χ3v) is 1.54. The molecule has 1 rings (SSSR count). The van der Waals surface area contributed by atoms with E-state index in [1.54, 1.807) is 7.11 Å². The fourth-order valence-corrected chi connectivity index (χ4v) is 0.893. The molecule has 13 heavy (non-hydrogen) atoms. The number of benzene rings is 1. The lowest BCUT2D eigenvalue weighted by atomic mass is 10.2. The Hall–Kier alpha value is -1.51. The fourth-order valence-electron chi connectivity index (χ4n) is 0.893. The second kappa shape index (κ2) is 5.19. The summed E-state index contributed by atoms with van der Waals surface area (Å²) in [6, 6.07) is 7.61. The quantitative estimate of drug-likeness (QED) is 0.518. The van der Waals surface area contributed by atoms with Crippen molar-refractivity contribution < 1.29 is 13.9 Å². The minimum atomic E-state index is 0.456. The molecule has 0 heterocycles. The maximum absolute atomic E-state index is 5.01. The minimum Gasteiger partial charge on any atom is -0.506 e. The lowest BCUT2D eigenvalue weighted by molar-refractivity contribution is 0.124. The van der Waals surface area contributed by atoms with E-state index in [1.807, 2.05) is 24.3 Å². The molecule has 0 fully saturated rings. The highest BCUT2D eigenvalue weighted by molar-refractivity contribution is 5.39. The second-order valence-corrected chi connectivity index (χ2v) is 2.42. The molecule has 70 valence electrons. The van der Waals surface area contributed by atoms with Gasteiger partial charge in [0, 0.05) is 5.56 Å². The number of hydrogen-bond donors (Lipinski definition) is 0. The van der Waals surface area contributed by atoms with Crippen LogP contribution in [0.4, 0.5) is 0 Å². The van der Waals surface area contributed by atoms with Gasteiger partial charge in [0.1, 0.15) is 12.9 Å². The molecule has 0 amide bonds. The Morgan fingerprint density at radius 2 is 2.00 bits per heavy atom. The van der Waals surface area contributed by atoms with Gasteiger partial charge in [0.2, 0.25) is 0 Å². The van der Waals surface area contributed by atoms with Crippen molar-refractivity contribution in [1.29, 1.82) is 0 Å².